The van der Waals surface area contributed by atoms with Crippen LogP contribution in [-0.2, 0) is 0 Å². The summed E-state index contributed by atoms with van der Waals surface area (Å²) >= 11 is 12.4. The van der Waals surface area contributed by atoms with E-state index in [0.29, 0.717) is 27.2 Å². The first-order valence-corrected chi connectivity index (χ1v) is 9.72. The molecule has 9 heteroatoms. The zero-order valence-electron chi connectivity index (χ0n) is 15.0. The number of nitrogens with one attached hydrogen (secondary N) is 2. The van der Waals surface area contributed by atoms with Crippen LogP contribution in [0.15, 0.2) is 47.8 Å². The van der Waals surface area contributed by atoms with Crippen LogP contribution in [0.25, 0.3) is 11.3 Å². The lowest BCUT2D eigenvalue weighted by Gasteiger charge is -2.08. The van der Waals surface area contributed by atoms with E-state index in [0.717, 1.165) is 11.3 Å². The zero-order chi connectivity index (χ0) is 20.1. The van der Waals surface area contributed by atoms with Crippen LogP contribution >= 0.6 is 35.2 Å². The van der Waals surface area contributed by atoms with E-state index in [1.165, 1.54) is 11.3 Å². The number of hydrogen-bond donors (Lipinski definition) is 2. The van der Waals surface area contributed by atoms with E-state index in [1.807, 2.05) is 23.6 Å². The molecule has 0 unspecified atom stereocenters. The number of nitrogens with zero attached hydrogens (tertiary/aromatic N) is 1. The van der Waals surface area contributed by atoms with Crippen molar-refractivity contribution in [3.8, 4) is 22.8 Å². The van der Waals surface area contributed by atoms with Gasteiger partial charge in [0.2, 0.25) is 0 Å². The number of thiazole rings is 1. The van der Waals surface area contributed by atoms with Crippen molar-refractivity contribution in [1.82, 2.24) is 10.3 Å². The number of anilines is 1. The van der Waals surface area contributed by atoms with Gasteiger partial charge in [-0.1, -0.05) is 11.6 Å². The smallest absolute Gasteiger partial charge is 0.257 e. The van der Waals surface area contributed by atoms with E-state index in [9.17, 15) is 4.79 Å². The Labute approximate surface area is 176 Å². The zero-order valence-corrected chi connectivity index (χ0v) is 17.4. The van der Waals surface area contributed by atoms with Gasteiger partial charge in [0.25, 0.3) is 5.91 Å². The molecule has 3 rings (SSSR count). The maximum atomic E-state index is 12.2. The quantitative estimate of drug-likeness (QED) is 0.572. The minimum atomic E-state index is -0.328. The molecule has 0 aliphatic rings. The van der Waals surface area contributed by atoms with Gasteiger partial charge in [-0.3, -0.25) is 10.1 Å². The Morgan fingerprint density at radius 1 is 1.11 bits per heavy atom. The summed E-state index contributed by atoms with van der Waals surface area (Å²) in [5.41, 5.74) is 2.08. The molecule has 6 nitrogen and oxygen atoms in total. The van der Waals surface area contributed by atoms with Gasteiger partial charge in [-0.15, -0.1) is 11.3 Å². The van der Waals surface area contributed by atoms with Gasteiger partial charge < -0.3 is 14.8 Å². The number of benzene rings is 2. The molecule has 28 heavy (non-hydrogen) atoms. The highest BCUT2D eigenvalue weighted by Gasteiger charge is 2.12. The van der Waals surface area contributed by atoms with E-state index in [-0.39, 0.29) is 11.0 Å². The number of rotatable bonds is 5. The Kier molecular flexibility index (Phi) is 6.45. The van der Waals surface area contributed by atoms with Crippen molar-refractivity contribution >= 4 is 51.3 Å². The van der Waals surface area contributed by atoms with Crippen LogP contribution < -0.4 is 20.1 Å². The summed E-state index contributed by atoms with van der Waals surface area (Å²) in [5.74, 6) is 0.935. The molecule has 0 saturated heterocycles. The summed E-state index contributed by atoms with van der Waals surface area (Å²) in [7, 11) is 3.17. The molecule has 0 radical (unpaired) electrons. The second-order valence-corrected chi connectivity index (χ2v) is 7.23. The second kappa shape index (κ2) is 9.01. The van der Waals surface area contributed by atoms with E-state index in [1.54, 1.807) is 38.5 Å². The van der Waals surface area contributed by atoms with Crippen molar-refractivity contribution in [2.75, 3.05) is 19.5 Å². The summed E-state index contributed by atoms with van der Waals surface area (Å²) < 4.78 is 10.6. The fourth-order valence-electron chi connectivity index (χ4n) is 2.36. The first-order chi connectivity index (χ1) is 13.5. The van der Waals surface area contributed by atoms with Crippen LogP contribution in [0.5, 0.6) is 11.5 Å². The van der Waals surface area contributed by atoms with E-state index in [4.69, 9.17) is 33.3 Å². The van der Waals surface area contributed by atoms with Crippen LogP contribution in [0.3, 0.4) is 0 Å². The number of aromatic nitrogens is 1. The Morgan fingerprint density at radius 2 is 1.82 bits per heavy atom. The summed E-state index contributed by atoms with van der Waals surface area (Å²) in [6.07, 6.45) is 0. The highest BCUT2D eigenvalue weighted by Crippen LogP contribution is 2.33. The Hall–Kier alpha value is -2.68. The molecule has 0 bridgehead atoms. The van der Waals surface area contributed by atoms with Gasteiger partial charge in [0.15, 0.2) is 21.7 Å². The fourth-order valence-corrected chi connectivity index (χ4v) is 3.47. The van der Waals surface area contributed by atoms with Crippen molar-refractivity contribution in [1.29, 1.82) is 0 Å². The number of hydrogen-bond acceptors (Lipinski definition) is 6. The molecule has 0 saturated carbocycles. The lowest BCUT2D eigenvalue weighted by atomic mass is 10.1. The molecule has 1 amide bonds. The Morgan fingerprint density at radius 3 is 2.50 bits per heavy atom. The summed E-state index contributed by atoms with van der Waals surface area (Å²) in [6.45, 7) is 0. The third-order valence-electron chi connectivity index (χ3n) is 3.74. The number of ether oxygens (including phenoxy) is 2. The topological polar surface area (TPSA) is 72.5 Å². The van der Waals surface area contributed by atoms with Gasteiger partial charge in [0.05, 0.1) is 19.9 Å². The van der Waals surface area contributed by atoms with E-state index < -0.39 is 0 Å². The lowest BCUT2D eigenvalue weighted by Crippen LogP contribution is -2.34. The molecule has 1 aromatic heterocycles. The molecule has 0 fully saturated rings. The average Bonchev–Trinajstić information content (AvgIpc) is 3.16. The first-order valence-electron chi connectivity index (χ1n) is 8.06. The summed E-state index contributed by atoms with van der Waals surface area (Å²) in [6, 6.07) is 12.1. The van der Waals surface area contributed by atoms with Crippen molar-refractivity contribution < 1.29 is 14.3 Å². The van der Waals surface area contributed by atoms with Gasteiger partial charge in [0.1, 0.15) is 0 Å². The normalized spacial score (nSPS) is 10.2. The number of amides is 1. The Bertz CT molecular complexity index is 1010. The molecule has 2 aromatic carbocycles. The van der Waals surface area contributed by atoms with E-state index in [2.05, 4.69) is 15.6 Å². The van der Waals surface area contributed by atoms with Gasteiger partial charge in [-0.25, -0.2) is 4.98 Å². The van der Waals surface area contributed by atoms with Crippen molar-refractivity contribution in [3.05, 3.63) is 58.4 Å². The van der Waals surface area contributed by atoms with Gasteiger partial charge in [-0.05, 0) is 54.7 Å². The number of carbonyl (C=O) groups excluding carboxylic acids is 1. The predicted octanol–water partition coefficient (Wildman–Crippen LogP) is 4.61. The molecule has 0 spiro atoms. The second-order valence-electron chi connectivity index (χ2n) is 5.52. The largest absolute Gasteiger partial charge is 0.493 e. The minimum absolute atomic E-state index is 0.160. The highest BCUT2D eigenvalue weighted by molar-refractivity contribution is 7.80. The Balaban J connectivity index is 1.66. The maximum Gasteiger partial charge on any atom is 0.257 e. The number of carbonyl (C=O) groups is 1. The third-order valence-corrected chi connectivity index (χ3v) is 4.95. The number of thiocarbonyl (C=S) groups is 1. The van der Waals surface area contributed by atoms with Crippen molar-refractivity contribution in [2.45, 2.75) is 0 Å². The van der Waals surface area contributed by atoms with Crippen LogP contribution in [0, 0.1) is 0 Å². The van der Waals surface area contributed by atoms with Crippen molar-refractivity contribution in [3.63, 3.8) is 0 Å². The molecular formula is C19H16ClN3O3S2. The molecule has 0 aliphatic carbocycles. The average molecular weight is 434 g/mol. The summed E-state index contributed by atoms with van der Waals surface area (Å²) in [4.78, 5) is 16.7. The van der Waals surface area contributed by atoms with Crippen LogP contribution in [0.2, 0.25) is 5.02 Å². The van der Waals surface area contributed by atoms with Crippen molar-refractivity contribution in [2.24, 2.45) is 0 Å². The number of methoxy groups -OCH3 is 2. The monoisotopic (exact) mass is 433 g/mol. The predicted molar refractivity (Wildman–Crippen MR) is 116 cm³/mol. The van der Waals surface area contributed by atoms with Crippen LogP contribution in [0.4, 0.5) is 5.13 Å². The molecule has 3 aromatic rings. The maximum absolute atomic E-state index is 12.2. The lowest BCUT2D eigenvalue weighted by molar-refractivity contribution is 0.0977. The summed E-state index contributed by atoms with van der Waals surface area (Å²) in [5, 5.41) is 8.70. The van der Waals surface area contributed by atoms with Gasteiger partial charge >= 0.3 is 0 Å². The first kappa shape index (κ1) is 20.1. The third kappa shape index (κ3) is 4.78. The molecule has 144 valence electrons. The van der Waals surface area contributed by atoms with Gasteiger partial charge in [-0.2, -0.15) is 0 Å². The molecule has 2 N–H and O–H groups in total. The standard InChI is InChI=1S/C19H16ClN3O3S2/c1-25-15-8-5-12(9-16(15)26-2)14-10-28-19(21-14)23-18(27)22-17(24)11-3-6-13(20)7-4-11/h3-10H,1-2H3,(H2,21,22,23,24,27). The fraction of sp³-hybridized carbons (Fsp3) is 0.105. The SMILES string of the molecule is COc1ccc(-c2csc(NC(=S)NC(=O)c3ccc(Cl)cc3)n2)cc1OC. The highest BCUT2D eigenvalue weighted by atomic mass is 35.5. The van der Waals surface area contributed by atoms with Crippen LogP contribution in [0.1, 0.15) is 10.4 Å². The van der Waals surface area contributed by atoms with E-state index >= 15 is 0 Å². The minimum Gasteiger partial charge on any atom is -0.493 e. The molecule has 1 heterocycles. The number of halogens is 1. The molecular weight excluding hydrogens is 418 g/mol. The molecule has 0 aliphatic heterocycles. The molecule has 0 atom stereocenters. The van der Waals surface area contributed by atoms with Crippen LogP contribution in [-0.4, -0.2) is 30.2 Å². The van der Waals surface area contributed by atoms with Gasteiger partial charge in [0, 0.05) is 21.5 Å².